The van der Waals surface area contributed by atoms with Gasteiger partial charge < -0.3 is 4.90 Å². The van der Waals surface area contributed by atoms with Gasteiger partial charge in [-0.05, 0) is 37.6 Å². The SMILES string of the molecule is CN(CCNS(=O)(=O)c1ccc(CBr)cc1)C1CCCC1. The Labute approximate surface area is 136 Å². The highest BCUT2D eigenvalue weighted by Crippen LogP contribution is 2.21. The Balaban J connectivity index is 1.85. The fraction of sp³-hybridized carbons (Fsp3) is 0.600. The Hall–Kier alpha value is -0.430. The van der Waals surface area contributed by atoms with Gasteiger partial charge in [-0.25, -0.2) is 13.1 Å². The van der Waals surface area contributed by atoms with Crippen LogP contribution < -0.4 is 4.72 Å². The van der Waals surface area contributed by atoms with Crippen molar-refractivity contribution >= 4 is 26.0 Å². The summed E-state index contributed by atoms with van der Waals surface area (Å²) in [7, 11) is -1.32. The van der Waals surface area contributed by atoms with Gasteiger partial charge in [0, 0.05) is 24.5 Å². The fourth-order valence-corrected chi connectivity index (χ4v) is 4.12. The number of hydrogen-bond acceptors (Lipinski definition) is 3. The minimum absolute atomic E-state index is 0.329. The smallest absolute Gasteiger partial charge is 0.240 e. The second-order valence-corrected chi connectivity index (χ2v) is 7.92. The van der Waals surface area contributed by atoms with E-state index in [9.17, 15) is 8.42 Å². The van der Waals surface area contributed by atoms with Crippen LogP contribution in [-0.2, 0) is 15.4 Å². The van der Waals surface area contributed by atoms with Gasteiger partial charge in [0.25, 0.3) is 0 Å². The monoisotopic (exact) mass is 374 g/mol. The van der Waals surface area contributed by atoms with Crippen molar-refractivity contribution in [3.63, 3.8) is 0 Å². The maximum atomic E-state index is 12.2. The highest BCUT2D eigenvalue weighted by molar-refractivity contribution is 9.08. The second-order valence-electron chi connectivity index (χ2n) is 5.59. The number of likely N-dealkylation sites (N-methyl/N-ethyl adjacent to an activating group) is 1. The van der Waals surface area contributed by atoms with Crippen molar-refractivity contribution < 1.29 is 8.42 Å². The maximum Gasteiger partial charge on any atom is 0.240 e. The summed E-state index contributed by atoms with van der Waals surface area (Å²) in [5.74, 6) is 0. The number of benzene rings is 1. The first-order valence-electron chi connectivity index (χ1n) is 7.38. The Morgan fingerprint density at radius 2 is 1.86 bits per heavy atom. The van der Waals surface area contributed by atoms with Gasteiger partial charge in [0.15, 0.2) is 0 Å². The summed E-state index contributed by atoms with van der Waals surface area (Å²) in [6.07, 6.45) is 5.05. The summed E-state index contributed by atoms with van der Waals surface area (Å²) in [4.78, 5) is 2.60. The minimum Gasteiger partial charge on any atom is -0.302 e. The van der Waals surface area contributed by atoms with Gasteiger partial charge >= 0.3 is 0 Å². The molecule has 1 aliphatic carbocycles. The molecule has 0 atom stereocenters. The van der Waals surface area contributed by atoms with Crippen LogP contribution in [0.4, 0.5) is 0 Å². The lowest BCUT2D eigenvalue weighted by Crippen LogP contribution is -2.37. The third-order valence-electron chi connectivity index (χ3n) is 4.09. The van der Waals surface area contributed by atoms with Gasteiger partial charge in [0.05, 0.1) is 4.90 Å². The molecule has 1 saturated carbocycles. The first-order chi connectivity index (χ1) is 10.0. The first kappa shape index (κ1) is 16.9. The molecular formula is C15H23BrN2O2S. The molecule has 0 amide bonds. The number of sulfonamides is 1. The van der Waals surface area contributed by atoms with Gasteiger partial charge in [-0.2, -0.15) is 0 Å². The van der Waals surface area contributed by atoms with Gasteiger partial charge in [0.2, 0.25) is 10.0 Å². The molecule has 4 nitrogen and oxygen atoms in total. The van der Waals surface area contributed by atoms with Gasteiger partial charge in [0.1, 0.15) is 0 Å². The van der Waals surface area contributed by atoms with Gasteiger partial charge in [-0.1, -0.05) is 40.9 Å². The van der Waals surface area contributed by atoms with E-state index in [1.807, 2.05) is 12.1 Å². The second kappa shape index (κ2) is 7.72. The topological polar surface area (TPSA) is 49.4 Å². The van der Waals surface area contributed by atoms with Crippen LogP contribution in [0.2, 0.25) is 0 Å². The lowest BCUT2D eigenvalue weighted by atomic mass is 10.2. The predicted molar refractivity (Wildman–Crippen MR) is 89.1 cm³/mol. The maximum absolute atomic E-state index is 12.2. The molecule has 21 heavy (non-hydrogen) atoms. The molecule has 0 unspecified atom stereocenters. The van der Waals surface area contributed by atoms with E-state index >= 15 is 0 Å². The van der Waals surface area contributed by atoms with Gasteiger partial charge in [-0.3, -0.25) is 0 Å². The number of alkyl halides is 1. The zero-order valence-electron chi connectivity index (χ0n) is 12.4. The fourth-order valence-electron chi connectivity index (χ4n) is 2.72. The normalized spacial score (nSPS) is 16.7. The Bertz CT molecular complexity index is 539. The standard InChI is InChI=1S/C15H23BrN2O2S/c1-18(14-4-2-3-5-14)11-10-17-21(19,20)15-8-6-13(12-16)7-9-15/h6-9,14,17H,2-5,10-12H2,1H3. The predicted octanol–water partition coefficient (Wildman–Crippen LogP) is 2.73. The third-order valence-corrected chi connectivity index (χ3v) is 6.22. The van der Waals surface area contributed by atoms with Crippen molar-refractivity contribution in [2.75, 3.05) is 20.1 Å². The van der Waals surface area contributed by atoms with E-state index < -0.39 is 10.0 Å². The molecule has 1 aromatic rings. The van der Waals surface area contributed by atoms with Crippen molar-refractivity contribution in [2.24, 2.45) is 0 Å². The average Bonchev–Trinajstić information content (AvgIpc) is 3.01. The number of hydrogen-bond donors (Lipinski definition) is 1. The summed E-state index contributed by atoms with van der Waals surface area (Å²) in [5, 5.41) is 0.729. The lowest BCUT2D eigenvalue weighted by Gasteiger charge is -2.23. The van der Waals surface area contributed by atoms with E-state index in [2.05, 4.69) is 32.6 Å². The summed E-state index contributed by atoms with van der Waals surface area (Å²) in [6.45, 7) is 1.21. The number of halogens is 1. The molecule has 1 fully saturated rings. The molecule has 0 radical (unpaired) electrons. The van der Waals surface area contributed by atoms with Crippen LogP contribution >= 0.6 is 15.9 Å². The van der Waals surface area contributed by atoms with E-state index in [0.29, 0.717) is 17.5 Å². The summed E-state index contributed by atoms with van der Waals surface area (Å²) >= 11 is 3.35. The van der Waals surface area contributed by atoms with E-state index in [1.54, 1.807) is 12.1 Å². The van der Waals surface area contributed by atoms with Crippen LogP contribution in [-0.4, -0.2) is 39.5 Å². The zero-order valence-corrected chi connectivity index (χ0v) is 14.8. The number of nitrogens with one attached hydrogen (secondary N) is 1. The average molecular weight is 375 g/mol. The third kappa shape index (κ3) is 4.77. The van der Waals surface area contributed by atoms with Crippen LogP contribution in [0.25, 0.3) is 0 Å². The molecule has 0 aliphatic heterocycles. The van der Waals surface area contributed by atoms with E-state index in [-0.39, 0.29) is 0 Å². The summed E-state index contributed by atoms with van der Waals surface area (Å²) in [6, 6.07) is 7.58. The van der Waals surface area contributed by atoms with E-state index in [0.717, 1.165) is 17.4 Å². The molecule has 0 saturated heterocycles. The van der Waals surface area contributed by atoms with Crippen LogP contribution in [0.5, 0.6) is 0 Å². The zero-order chi connectivity index (χ0) is 15.3. The Morgan fingerprint density at radius 3 is 2.43 bits per heavy atom. The first-order valence-corrected chi connectivity index (χ1v) is 9.98. The molecule has 0 aromatic heterocycles. The molecule has 1 aromatic carbocycles. The molecule has 0 bridgehead atoms. The van der Waals surface area contributed by atoms with Crippen LogP contribution in [0.3, 0.4) is 0 Å². The molecule has 2 rings (SSSR count). The van der Waals surface area contributed by atoms with Crippen molar-refractivity contribution in [2.45, 2.75) is 42.0 Å². The van der Waals surface area contributed by atoms with Crippen LogP contribution in [0, 0.1) is 0 Å². The molecule has 118 valence electrons. The van der Waals surface area contributed by atoms with Crippen molar-refractivity contribution in [1.29, 1.82) is 0 Å². The highest BCUT2D eigenvalue weighted by atomic mass is 79.9. The molecule has 1 aliphatic rings. The van der Waals surface area contributed by atoms with Crippen molar-refractivity contribution in [3.05, 3.63) is 29.8 Å². The molecular weight excluding hydrogens is 352 g/mol. The minimum atomic E-state index is -3.40. The largest absolute Gasteiger partial charge is 0.302 e. The van der Waals surface area contributed by atoms with Crippen molar-refractivity contribution in [3.8, 4) is 0 Å². The summed E-state index contributed by atoms with van der Waals surface area (Å²) in [5.41, 5.74) is 1.06. The molecule has 0 heterocycles. The van der Waals surface area contributed by atoms with Crippen LogP contribution in [0.1, 0.15) is 31.2 Å². The summed E-state index contributed by atoms with van der Waals surface area (Å²) < 4.78 is 27.1. The van der Waals surface area contributed by atoms with Crippen molar-refractivity contribution in [1.82, 2.24) is 9.62 Å². The Kier molecular flexibility index (Phi) is 6.22. The Morgan fingerprint density at radius 1 is 1.24 bits per heavy atom. The number of rotatable bonds is 7. The molecule has 1 N–H and O–H groups in total. The number of nitrogens with zero attached hydrogens (tertiary/aromatic N) is 1. The van der Waals surface area contributed by atoms with Gasteiger partial charge in [-0.15, -0.1) is 0 Å². The van der Waals surface area contributed by atoms with Crippen LogP contribution in [0.15, 0.2) is 29.2 Å². The molecule has 6 heteroatoms. The quantitative estimate of drug-likeness (QED) is 0.746. The van der Waals surface area contributed by atoms with E-state index in [4.69, 9.17) is 0 Å². The molecule has 0 spiro atoms. The lowest BCUT2D eigenvalue weighted by molar-refractivity contribution is 0.250. The highest BCUT2D eigenvalue weighted by Gasteiger charge is 2.20. The van der Waals surface area contributed by atoms with E-state index in [1.165, 1.54) is 25.7 Å².